The van der Waals surface area contributed by atoms with E-state index in [0.29, 0.717) is 38.5 Å². The predicted molar refractivity (Wildman–Crippen MR) is 89.1 cm³/mol. The van der Waals surface area contributed by atoms with Gasteiger partial charge < -0.3 is 15.1 Å². The summed E-state index contributed by atoms with van der Waals surface area (Å²) in [7, 11) is 0. The van der Waals surface area contributed by atoms with E-state index in [1.165, 1.54) is 5.56 Å². The molecule has 1 saturated heterocycles. The van der Waals surface area contributed by atoms with E-state index in [2.05, 4.69) is 18.3 Å². The van der Waals surface area contributed by atoms with Gasteiger partial charge in [0.25, 0.3) is 0 Å². The molecule has 1 aliphatic heterocycles. The van der Waals surface area contributed by atoms with Crippen LogP contribution in [0.25, 0.3) is 0 Å². The highest BCUT2D eigenvalue weighted by molar-refractivity contribution is 8.00. The molecule has 120 valence electrons. The topological polar surface area (TPSA) is 52.7 Å². The van der Waals surface area contributed by atoms with Crippen LogP contribution in [0.1, 0.15) is 12.5 Å². The lowest BCUT2D eigenvalue weighted by Gasteiger charge is -2.34. The summed E-state index contributed by atoms with van der Waals surface area (Å²) >= 11 is 1.58. The largest absolute Gasteiger partial charge is 0.338 e. The maximum absolute atomic E-state index is 12.3. The average molecular weight is 321 g/mol. The summed E-state index contributed by atoms with van der Waals surface area (Å²) in [6.07, 6.45) is 0. The number of urea groups is 1. The predicted octanol–water partition coefficient (Wildman–Crippen LogP) is 1.96. The summed E-state index contributed by atoms with van der Waals surface area (Å²) in [4.78, 5) is 28.8. The second-order valence-corrected chi connectivity index (χ2v) is 6.27. The number of benzene rings is 1. The monoisotopic (exact) mass is 321 g/mol. The number of carbonyl (C=O) groups is 2. The van der Waals surface area contributed by atoms with Crippen molar-refractivity contribution in [1.29, 1.82) is 0 Å². The zero-order valence-electron chi connectivity index (χ0n) is 13.2. The lowest BCUT2D eigenvalue weighted by atomic mass is 10.2. The van der Waals surface area contributed by atoms with Gasteiger partial charge in [0.15, 0.2) is 0 Å². The summed E-state index contributed by atoms with van der Waals surface area (Å²) < 4.78 is 0. The van der Waals surface area contributed by atoms with Gasteiger partial charge in [-0.1, -0.05) is 18.2 Å². The van der Waals surface area contributed by atoms with E-state index in [4.69, 9.17) is 0 Å². The number of hydrogen-bond donors (Lipinski definition) is 1. The third kappa shape index (κ3) is 4.40. The first kappa shape index (κ1) is 16.7. The fourth-order valence-corrected chi connectivity index (χ4v) is 3.30. The van der Waals surface area contributed by atoms with E-state index in [0.717, 1.165) is 4.90 Å². The van der Waals surface area contributed by atoms with Crippen LogP contribution in [0.4, 0.5) is 4.79 Å². The van der Waals surface area contributed by atoms with Gasteiger partial charge in [0, 0.05) is 37.6 Å². The second kappa shape index (κ2) is 8.08. The molecule has 6 heteroatoms. The van der Waals surface area contributed by atoms with Crippen molar-refractivity contribution < 1.29 is 9.59 Å². The van der Waals surface area contributed by atoms with Crippen molar-refractivity contribution in [2.75, 3.05) is 38.5 Å². The second-order valence-electron chi connectivity index (χ2n) is 5.26. The molecule has 1 aromatic carbocycles. The molecular formula is C16H23N3O2S. The minimum absolute atomic E-state index is 0.0381. The fraction of sp³-hybridized carbons (Fsp3) is 0.500. The molecule has 3 amide bonds. The first-order valence-electron chi connectivity index (χ1n) is 7.60. The Hall–Kier alpha value is -1.69. The Morgan fingerprint density at radius 1 is 1.14 bits per heavy atom. The molecular weight excluding hydrogens is 298 g/mol. The van der Waals surface area contributed by atoms with Gasteiger partial charge in [0.05, 0.1) is 5.75 Å². The summed E-state index contributed by atoms with van der Waals surface area (Å²) in [5, 5.41) is 2.79. The van der Waals surface area contributed by atoms with Crippen LogP contribution in [0.5, 0.6) is 0 Å². The number of nitrogens with one attached hydrogen (secondary N) is 1. The number of piperazine rings is 1. The normalized spacial score (nSPS) is 14.8. The number of nitrogens with zero attached hydrogens (tertiary/aromatic N) is 2. The lowest BCUT2D eigenvalue weighted by Crippen LogP contribution is -2.53. The average Bonchev–Trinajstić information content (AvgIpc) is 2.54. The molecule has 0 bridgehead atoms. The van der Waals surface area contributed by atoms with Crippen LogP contribution in [0.2, 0.25) is 0 Å². The molecule has 1 N–H and O–H groups in total. The van der Waals surface area contributed by atoms with E-state index < -0.39 is 0 Å². The van der Waals surface area contributed by atoms with Gasteiger partial charge in [-0.05, 0) is 25.5 Å². The van der Waals surface area contributed by atoms with Gasteiger partial charge >= 0.3 is 6.03 Å². The Morgan fingerprint density at radius 3 is 2.41 bits per heavy atom. The van der Waals surface area contributed by atoms with Crippen LogP contribution in [-0.2, 0) is 4.79 Å². The zero-order chi connectivity index (χ0) is 15.9. The first-order chi connectivity index (χ1) is 10.6. The number of hydrogen-bond acceptors (Lipinski definition) is 3. The molecule has 5 nitrogen and oxygen atoms in total. The molecule has 1 fully saturated rings. The molecule has 22 heavy (non-hydrogen) atoms. The van der Waals surface area contributed by atoms with Gasteiger partial charge in [-0.2, -0.15) is 0 Å². The maximum Gasteiger partial charge on any atom is 0.317 e. The van der Waals surface area contributed by atoms with Crippen molar-refractivity contribution in [3.8, 4) is 0 Å². The Kier molecular flexibility index (Phi) is 6.12. The molecule has 1 aromatic rings. The van der Waals surface area contributed by atoms with E-state index in [1.54, 1.807) is 16.7 Å². The number of thioether (sulfide) groups is 1. The molecule has 0 unspecified atom stereocenters. The molecule has 0 aromatic heterocycles. The van der Waals surface area contributed by atoms with Crippen molar-refractivity contribution in [1.82, 2.24) is 15.1 Å². The number of carbonyl (C=O) groups excluding carboxylic acids is 2. The Balaban J connectivity index is 1.78. The van der Waals surface area contributed by atoms with Gasteiger partial charge in [-0.15, -0.1) is 11.8 Å². The van der Waals surface area contributed by atoms with Crippen molar-refractivity contribution in [2.45, 2.75) is 18.7 Å². The molecule has 1 aliphatic rings. The minimum Gasteiger partial charge on any atom is -0.338 e. The third-order valence-electron chi connectivity index (χ3n) is 3.69. The molecule has 0 atom stereocenters. The van der Waals surface area contributed by atoms with Crippen LogP contribution in [-0.4, -0.2) is 60.2 Å². The summed E-state index contributed by atoms with van der Waals surface area (Å²) in [5.74, 6) is 0.593. The van der Waals surface area contributed by atoms with Crippen LogP contribution in [0, 0.1) is 6.92 Å². The van der Waals surface area contributed by atoms with Crippen molar-refractivity contribution in [3.05, 3.63) is 29.8 Å². The van der Waals surface area contributed by atoms with Crippen LogP contribution < -0.4 is 5.32 Å². The maximum atomic E-state index is 12.3. The van der Waals surface area contributed by atoms with Gasteiger partial charge in [0.2, 0.25) is 5.91 Å². The molecule has 0 saturated carbocycles. The third-order valence-corrected chi connectivity index (χ3v) is 4.85. The van der Waals surface area contributed by atoms with Crippen LogP contribution in [0.15, 0.2) is 29.2 Å². The molecule has 0 spiro atoms. The van der Waals surface area contributed by atoms with E-state index in [-0.39, 0.29) is 11.9 Å². The molecule has 0 radical (unpaired) electrons. The lowest BCUT2D eigenvalue weighted by molar-refractivity contribution is -0.129. The highest BCUT2D eigenvalue weighted by atomic mass is 32.2. The smallest absolute Gasteiger partial charge is 0.317 e. The van der Waals surface area contributed by atoms with E-state index >= 15 is 0 Å². The molecule has 2 rings (SSSR count). The highest BCUT2D eigenvalue weighted by Gasteiger charge is 2.23. The van der Waals surface area contributed by atoms with Gasteiger partial charge in [-0.3, -0.25) is 4.79 Å². The Labute approximate surface area is 136 Å². The van der Waals surface area contributed by atoms with E-state index in [9.17, 15) is 9.59 Å². The quantitative estimate of drug-likeness (QED) is 0.863. The molecule has 0 aliphatic carbocycles. The zero-order valence-corrected chi connectivity index (χ0v) is 14.0. The molecule has 1 heterocycles. The van der Waals surface area contributed by atoms with Crippen molar-refractivity contribution >= 4 is 23.7 Å². The summed E-state index contributed by atoms with van der Waals surface area (Å²) in [6, 6.07) is 8.05. The van der Waals surface area contributed by atoms with Crippen LogP contribution in [0.3, 0.4) is 0 Å². The van der Waals surface area contributed by atoms with Crippen molar-refractivity contribution in [3.63, 3.8) is 0 Å². The van der Waals surface area contributed by atoms with Gasteiger partial charge in [0.1, 0.15) is 0 Å². The van der Waals surface area contributed by atoms with Crippen LogP contribution >= 0.6 is 11.8 Å². The summed E-state index contributed by atoms with van der Waals surface area (Å²) in [6.45, 7) is 7.03. The Bertz CT molecular complexity index is 528. The SMILES string of the molecule is CCNC(=O)N1CCN(C(=O)CSc2ccccc2C)CC1. The highest BCUT2D eigenvalue weighted by Crippen LogP contribution is 2.22. The standard InChI is InChI=1S/C16H23N3O2S/c1-3-17-16(21)19-10-8-18(9-11-19)15(20)12-22-14-7-5-4-6-13(14)2/h4-7H,3,8-12H2,1-2H3,(H,17,21). The number of amides is 3. The van der Waals surface area contributed by atoms with E-state index in [1.807, 2.05) is 30.0 Å². The fourth-order valence-electron chi connectivity index (χ4n) is 2.37. The number of aryl methyl sites for hydroxylation is 1. The first-order valence-corrected chi connectivity index (χ1v) is 8.59. The van der Waals surface area contributed by atoms with Gasteiger partial charge in [-0.25, -0.2) is 4.79 Å². The summed E-state index contributed by atoms with van der Waals surface area (Å²) in [5.41, 5.74) is 1.20. The van der Waals surface area contributed by atoms with Crippen molar-refractivity contribution in [2.24, 2.45) is 0 Å². The minimum atomic E-state index is -0.0381. The Morgan fingerprint density at radius 2 is 1.77 bits per heavy atom. The number of rotatable bonds is 4.